The van der Waals surface area contributed by atoms with Crippen LogP contribution in [0.25, 0.3) is 0 Å². The second kappa shape index (κ2) is 7.55. The molecule has 0 aliphatic carbocycles. The van der Waals surface area contributed by atoms with Crippen molar-refractivity contribution in [3.05, 3.63) is 0 Å². The van der Waals surface area contributed by atoms with Crippen LogP contribution < -0.4 is 0 Å². The third-order valence-corrected chi connectivity index (χ3v) is 1.08. The molecule has 0 aliphatic rings. The van der Waals surface area contributed by atoms with Gasteiger partial charge in [-0.25, -0.2) is 0 Å². The molecule has 0 heterocycles. The second-order valence-corrected chi connectivity index (χ2v) is 1.87. The van der Waals surface area contributed by atoms with Gasteiger partial charge in [-0.1, -0.05) is 5.92 Å². The smallest absolute Gasteiger partial charge is 0.221 e. The molecule has 0 aromatic rings. The van der Waals surface area contributed by atoms with Crippen LogP contribution >= 0.6 is 0 Å². The highest BCUT2D eigenvalue weighted by Gasteiger charge is 1.95. The predicted molar refractivity (Wildman–Crippen MR) is 42.1 cm³/mol. The van der Waals surface area contributed by atoms with E-state index in [4.69, 9.17) is 14.2 Å². The van der Waals surface area contributed by atoms with Crippen LogP contribution in [0.15, 0.2) is 0 Å². The Labute approximate surface area is 67.6 Å². The Bertz CT molecular complexity index is 130. The Kier molecular flexibility index (Phi) is 7.16. The van der Waals surface area contributed by atoms with Crippen LogP contribution in [0.3, 0.4) is 0 Å². The van der Waals surface area contributed by atoms with E-state index in [1.165, 1.54) is 0 Å². The lowest BCUT2D eigenvalue weighted by Gasteiger charge is -2.03. The summed E-state index contributed by atoms with van der Waals surface area (Å²) >= 11 is 0. The predicted octanol–water partition coefficient (Wildman–Crippen LogP) is 0.645. The molecule has 64 valence electrons. The summed E-state index contributed by atoms with van der Waals surface area (Å²) in [5.41, 5.74) is 0. The van der Waals surface area contributed by atoms with Crippen molar-refractivity contribution in [2.45, 2.75) is 12.7 Å². The maximum Gasteiger partial charge on any atom is 0.221 e. The van der Waals surface area contributed by atoms with Crippen LogP contribution in [0.5, 0.6) is 0 Å². The zero-order valence-corrected chi connectivity index (χ0v) is 7.22. The fourth-order valence-corrected chi connectivity index (χ4v) is 0.523. The molecule has 0 aromatic carbocycles. The van der Waals surface area contributed by atoms with Crippen LogP contribution in [-0.2, 0) is 14.2 Å². The fourth-order valence-electron chi connectivity index (χ4n) is 0.523. The van der Waals surface area contributed by atoms with Crippen LogP contribution in [0, 0.1) is 11.8 Å². The van der Waals surface area contributed by atoms with Crippen molar-refractivity contribution in [3.63, 3.8) is 0 Å². The Morgan fingerprint density at radius 3 is 2.27 bits per heavy atom. The van der Waals surface area contributed by atoms with Gasteiger partial charge in [-0.2, -0.15) is 0 Å². The second-order valence-electron chi connectivity index (χ2n) is 1.87. The molecular weight excluding hydrogens is 144 g/mol. The lowest BCUT2D eigenvalue weighted by atomic mass is 10.4. The Balaban J connectivity index is 3.47. The third-order valence-electron chi connectivity index (χ3n) is 1.08. The van der Waals surface area contributed by atoms with Crippen molar-refractivity contribution in [3.8, 4) is 11.8 Å². The maximum atomic E-state index is 4.84. The SMILES string of the molecule is COCCC#CC(OC)OC. The van der Waals surface area contributed by atoms with Crippen LogP contribution in [-0.4, -0.2) is 34.2 Å². The van der Waals surface area contributed by atoms with Gasteiger partial charge < -0.3 is 14.2 Å². The first-order chi connectivity index (χ1) is 5.35. The molecule has 3 nitrogen and oxygen atoms in total. The molecule has 0 N–H and O–H groups in total. The molecule has 0 fully saturated rings. The van der Waals surface area contributed by atoms with Crippen LogP contribution in [0.1, 0.15) is 6.42 Å². The van der Waals surface area contributed by atoms with Gasteiger partial charge in [-0.05, 0) is 5.92 Å². The van der Waals surface area contributed by atoms with E-state index in [0.717, 1.165) is 0 Å². The highest BCUT2D eigenvalue weighted by molar-refractivity contribution is 5.01. The van der Waals surface area contributed by atoms with Crippen molar-refractivity contribution in [2.75, 3.05) is 27.9 Å². The molecule has 0 unspecified atom stereocenters. The van der Waals surface area contributed by atoms with Crippen molar-refractivity contribution < 1.29 is 14.2 Å². The lowest BCUT2D eigenvalue weighted by Crippen LogP contribution is -2.09. The van der Waals surface area contributed by atoms with Gasteiger partial charge in [0.15, 0.2) is 0 Å². The van der Waals surface area contributed by atoms with Crippen molar-refractivity contribution >= 4 is 0 Å². The zero-order valence-electron chi connectivity index (χ0n) is 7.22. The molecule has 0 saturated heterocycles. The fraction of sp³-hybridized carbons (Fsp3) is 0.750. The quantitative estimate of drug-likeness (QED) is 0.341. The molecule has 0 bridgehead atoms. The van der Waals surface area contributed by atoms with Gasteiger partial charge in [-0.3, -0.25) is 0 Å². The average molecular weight is 158 g/mol. The highest BCUT2D eigenvalue weighted by atomic mass is 16.7. The van der Waals surface area contributed by atoms with E-state index in [0.29, 0.717) is 13.0 Å². The summed E-state index contributed by atoms with van der Waals surface area (Å²) in [6.07, 6.45) is 0.298. The molecule has 0 rings (SSSR count). The van der Waals surface area contributed by atoms with Crippen molar-refractivity contribution in [1.82, 2.24) is 0 Å². The number of rotatable bonds is 4. The molecule has 0 saturated carbocycles. The largest absolute Gasteiger partial charge is 0.384 e. The molecule has 0 aliphatic heterocycles. The summed E-state index contributed by atoms with van der Waals surface area (Å²) in [7, 11) is 4.75. The normalized spacial score (nSPS) is 9.45. The van der Waals surface area contributed by atoms with E-state index in [1.54, 1.807) is 21.3 Å². The summed E-state index contributed by atoms with van der Waals surface area (Å²) < 4.78 is 14.5. The van der Waals surface area contributed by atoms with Gasteiger partial charge >= 0.3 is 0 Å². The van der Waals surface area contributed by atoms with E-state index >= 15 is 0 Å². The molecule has 0 spiro atoms. The van der Waals surface area contributed by atoms with Gasteiger partial charge in [0.05, 0.1) is 6.61 Å². The van der Waals surface area contributed by atoms with E-state index < -0.39 is 6.29 Å². The van der Waals surface area contributed by atoms with Crippen LogP contribution in [0.2, 0.25) is 0 Å². The number of hydrogen-bond donors (Lipinski definition) is 0. The van der Waals surface area contributed by atoms with E-state index in [9.17, 15) is 0 Å². The van der Waals surface area contributed by atoms with Crippen molar-refractivity contribution in [1.29, 1.82) is 0 Å². The third kappa shape index (κ3) is 5.86. The van der Waals surface area contributed by atoms with Gasteiger partial charge in [0, 0.05) is 27.8 Å². The molecular formula is C8H14O3. The first-order valence-corrected chi connectivity index (χ1v) is 3.38. The first kappa shape index (κ1) is 10.4. The summed E-state index contributed by atoms with van der Waals surface area (Å²) in [6, 6.07) is 0. The van der Waals surface area contributed by atoms with Gasteiger partial charge in [-0.15, -0.1) is 0 Å². The maximum absolute atomic E-state index is 4.84. The van der Waals surface area contributed by atoms with E-state index in [-0.39, 0.29) is 0 Å². The van der Waals surface area contributed by atoms with Gasteiger partial charge in [0.25, 0.3) is 0 Å². The summed E-state index contributed by atoms with van der Waals surface area (Å²) in [6.45, 7) is 0.646. The summed E-state index contributed by atoms with van der Waals surface area (Å²) in [4.78, 5) is 0. The summed E-state index contributed by atoms with van der Waals surface area (Å²) in [5, 5.41) is 0. The molecule has 3 heteroatoms. The average Bonchev–Trinajstić information content (AvgIpc) is 2.05. The molecule has 11 heavy (non-hydrogen) atoms. The number of ether oxygens (including phenoxy) is 3. The van der Waals surface area contributed by atoms with Gasteiger partial charge in [0.2, 0.25) is 6.29 Å². The highest BCUT2D eigenvalue weighted by Crippen LogP contribution is 1.87. The van der Waals surface area contributed by atoms with E-state index in [2.05, 4.69) is 11.8 Å². The molecule has 0 atom stereocenters. The van der Waals surface area contributed by atoms with E-state index in [1.807, 2.05) is 0 Å². The Morgan fingerprint density at radius 2 is 1.82 bits per heavy atom. The monoisotopic (exact) mass is 158 g/mol. The Morgan fingerprint density at radius 1 is 1.18 bits per heavy atom. The summed E-state index contributed by atoms with van der Waals surface area (Å²) in [5.74, 6) is 5.64. The van der Waals surface area contributed by atoms with Gasteiger partial charge in [0.1, 0.15) is 0 Å². The minimum absolute atomic E-state index is 0.410. The zero-order chi connectivity index (χ0) is 8.53. The molecule has 0 aromatic heterocycles. The lowest BCUT2D eigenvalue weighted by molar-refractivity contribution is -0.0596. The van der Waals surface area contributed by atoms with Crippen LogP contribution in [0.4, 0.5) is 0 Å². The molecule has 0 radical (unpaired) electrons. The topological polar surface area (TPSA) is 27.7 Å². The number of methoxy groups -OCH3 is 3. The Hall–Kier alpha value is -0.560. The standard InChI is InChI=1S/C8H14O3/c1-9-7-5-4-6-8(10-2)11-3/h8H,5,7H2,1-3H3. The number of hydrogen-bond acceptors (Lipinski definition) is 3. The molecule has 0 amide bonds. The minimum atomic E-state index is -0.410. The minimum Gasteiger partial charge on any atom is -0.384 e. The van der Waals surface area contributed by atoms with Crippen molar-refractivity contribution in [2.24, 2.45) is 0 Å². The first-order valence-electron chi connectivity index (χ1n) is 3.38.